The normalized spacial score (nSPS) is 19.0. The number of rotatable bonds is 10. The minimum absolute atomic E-state index is 0. The molecule has 0 bridgehead atoms. The van der Waals surface area contributed by atoms with Crippen LogP contribution in [0.4, 0.5) is 0 Å². The molecule has 1 saturated heterocycles. The molecule has 0 saturated carbocycles. The first kappa shape index (κ1) is 21.9. The minimum Gasteiger partial charge on any atom is -0.380 e. The summed E-state index contributed by atoms with van der Waals surface area (Å²) in [6, 6.07) is 0.617. The molecule has 1 atom stereocenters. The molecule has 0 aromatic carbocycles. The lowest BCUT2D eigenvalue weighted by atomic mass is 10.2. The van der Waals surface area contributed by atoms with Gasteiger partial charge in [0.1, 0.15) is 0 Å². The van der Waals surface area contributed by atoms with Crippen LogP contribution in [0.15, 0.2) is 4.99 Å². The van der Waals surface area contributed by atoms with E-state index in [0.717, 1.165) is 51.8 Å². The Morgan fingerprint density at radius 1 is 1.23 bits per heavy atom. The first-order valence-corrected chi connectivity index (χ1v) is 8.65. The van der Waals surface area contributed by atoms with Crippen molar-refractivity contribution < 1.29 is 4.74 Å². The fraction of sp³-hybridized carbons (Fsp3) is 0.938. The molecular formula is C16H35IN4O. The Labute approximate surface area is 153 Å². The number of nitrogens with zero attached hydrogens (tertiary/aromatic N) is 2. The molecule has 0 radical (unpaired) electrons. The Morgan fingerprint density at radius 2 is 2.05 bits per heavy atom. The quantitative estimate of drug-likeness (QED) is 0.244. The summed E-state index contributed by atoms with van der Waals surface area (Å²) in [7, 11) is 0. The van der Waals surface area contributed by atoms with E-state index in [1.807, 2.05) is 0 Å². The number of hydrogen-bond donors (Lipinski definition) is 2. The Morgan fingerprint density at radius 3 is 2.73 bits per heavy atom. The first-order chi connectivity index (χ1) is 10.3. The van der Waals surface area contributed by atoms with E-state index in [1.165, 1.54) is 25.8 Å². The largest absolute Gasteiger partial charge is 0.380 e. The van der Waals surface area contributed by atoms with Crippen LogP contribution in [0.25, 0.3) is 0 Å². The summed E-state index contributed by atoms with van der Waals surface area (Å²) in [5.74, 6) is 0.916. The van der Waals surface area contributed by atoms with Crippen LogP contribution in [0.2, 0.25) is 0 Å². The second kappa shape index (κ2) is 14.5. The Hall–Kier alpha value is -0.0800. The second-order valence-electron chi connectivity index (χ2n) is 5.54. The minimum atomic E-state index is 0. The van der Waals surface area contributed by atoms with Gasteiger partial charge in [-0.2, -0.15) is 0 Å². The van der Waals surface area contributed by atoms with Gasteiger partial charge < -0.3 is 15.4 Å². The molecular weight excluding hydrogens is 391 g/mol. The molecule has 5 nitrogen and oxygen atoms in total. The maximum absolute atomic E-state index is 5.56. The van der Waals surface area contributed by atoms with Gasteiger partial charge in [-0.1, -0.05) is 20.3 Å². The SMILES string of the molecule is CCCCOCCNC(=NCC1CCCN1CC)NCC.I. The van der Waals surface area contributed by atoms with Crippen LogP contribution < -0.4 is 10.6 Å². The smallest absolute Gasteiger partial charge is 0.191 e. The molecule has 1 rings (SSSR count). The van der Waals surface area contributed by atoms with Crippen molar-refractivity contribution in [2.75, 3.05) is 45.9 Å². The van der Waals surface area contributed by atoms with E-state index >= 15 is 0 Å². The highest BCUT2D eigenvalue weighted by atomic mass is 127. The van der Waals surface area contributed by atoms with Crippen molar-refractivity contribution in [1.29, 1.82) is 0 Å². The van der Waals surface area contributed by atoms with Crippen LogP contribution in [0.3, 0.4) is 0 Å². The van der Waals surface area contributed by atoms with Crippen molar-refractivity contribution in [3.63, 3.8) is 0 Å². The summed E-state index contributed by atoms with van der Waals surface area (Å²) >= 11 is 0. The van der Waals surface area contributed by atoms with Gasteiger partial charge in [-0.3, -0.25) is 9.89 Å². The van der Waals surface area contributed by atoms with E-state index in [0.29, 0.717) is 6.04 Å². The predicted octanol–water partition coefficient (Wildman–Crippen LogP) is 2.46. The second-order valence-corrected chi connectivity index (χ2v) is 5.54. The van der Waals surface area contributed by atoms with Gasteiger partial charge in [0.05, 0.1) is 13.2 Å². The van der Waals surface area contributed by atoms with Crippen molar-refractivity contribution >= 4 is 29.9 Å². The highest BCUT2D eigenvalue weighted by Gasteiger charge is 2.22. The van der Waals surface area contributed by atoms with E-state index in [9.17, 15) is 0 Å². The summed E-state index contributed by atoms with van der Waals surface area (Å²) in [6.07, 6.45) is 4.91. The molecule has 0 amide bonds. The lowest BCUT2D eigenvalue weighted by Gasteiger charge is -2.21. The number of likely N-dealkylation sites (N-methyl/N-ethyl adjacent to an activating group) is 1. The maximum Gasteiger partial charge on any atom is 0.191 e. The third kappa shape index (κ3) is 9.15. The summed E-state index contributed by atoms with van der Waals surface area (Å²) in [6.45, 7) is 13.1. The van der Waals surface area contributed by atoms with Gasteiger partial charge in [0.2, 0.25) is 0 Å². The van der Waals surface area contributed by atoms with Crippen LogP contribution in [-0.2, 0) is 4.74 Å². The average molecular weight is 426 g/mol. The topological polar surface area (TPSA) is 48.9 Å². The van der Waals surface area contributed by atoms with Gasteiger partial charge in [-0.15, -0.1) is 24.0 Å². The van der Waals surface area contributed by atoms with Crippen molar-refractivity contribution in [3.05, 3.63) is 0 Å². The highest BCUT2D eigenvalue weighted by Crippen LogP contribution is 2.16. The molecule has 6 heteroatoms. The fourth-order valence-electron chi connectivity index (χ4n) is 2.65. The molecule has 1 aliphatic rings. The lowest BCUT2D eigenvalue weighted by Crippen LogP contribution is -2.40. The molecule has 1 aliphatic heterocycles. The van der Waals surface area contributed by atoms with Gasteiger partial charge in [0.25, 0.3) is 0 Å². The van der Waals surface area contributed by atoms with E-state index < -0.39 is 0 Å². The van der Waals surface area contributed by atoms with E-state index in [1.54, 1.807) is 0 Å². The number of unbranched alkanes of at least 4 members (excludes halogenated alkanes) is 1. The summed E-state index contributed by atoms with van der Waals surface area (Å²) < 4.78 is 5.56. The number of aliphatic imine (C=N–C) groups is 1. The molecule has 132 valence electrons. The summed E-state index contributed by atoms with van der Waals surface area (Å²) in [4.78, 5) is 7.25. The van der Waals surface area contributed by atoms with Gasteiger partial charge in [-0.05, 0) is 39.3 Å². The zero-order valence-corrected chi connectivity index (χ0v) is 16.9. The summed E-state index contributed by atoms with van der Waals surface area (Å²) in [5, 5.41) is 6.66. The van der Waals surface area contributed by atoms with Crippen LogP contribution in [-0.4, -0.2) is 62.8 Å². The Kier molecular flexibility index (Phi) is 14.5. The molecule has 0 aliphatic carbocycles. The van der Waals surface area contributed by atoms with Crippen molar-refractivity contribution in [2.24, 2.45) is 4.99 Å². The van der Waals surface area contributed by atoms with E-state index in [4.69, 9.17) is 9.73 Å². The van der Waals surface area contributed by atoms with Crippen LogP contribution >= 0.6 is 24.0 Å². The zero-order valence-electron chi connectivity index (χ0n) is 14.6. The van der Waals surface area contributed by atoms with Gasteiger partial charge >= 0.3 is 0 Å². The van der Waals surface area contributed by atoms with Crippen LogP contribution in [0, 0.1) is 0 Å². The monoisotopic (exact) mass is 426 g/mol. The number of halogens is 1. The average Bonchev–Trinajstić information content (AvgIpc) is 2.95. The molecule has 2 N–H and O–H groups in total. The lowest BCUT2D eigenvalue weighted by molar-refractivity contribution is 0.136. The Balaban J connectivity index is 0.00000441. The first-order valence-electron chi connectivity index (χ1n) is 8.65. The molecule has 1 heterocycles. The van der Waals surface area contributed by atoms with E-state index in [2.05, 4.69) is 36.3 Å². The van der Waals surface area contributed by atoms with Crippen molar-refractivity contribution in [3.8, 4) is 0 Å². The van der Waals surface area contributed by atoms with Gasteiger partial charge in [0.15, 0.2) is 5.96 Å². The molecule has 1 unspecified atom stereocenters. The third-order valence-electron chi connectivity index (χ3n) is 3.89. The predicted molar refractivity (Wildman–Crippen MR) is 105 cm³/mol. The number of hydrogen-bond acceptors (Lipinski definition) is 3. The van der Waals surface area contributed by atoms with Crippen molar-refractivity contribution in [1.82, 2.24) is 15.5 Å². The fourth-order valence-corrected chi connectivity index (χ4v) is 2.65. The van der Waals surface area contributed by atoms with Crippen molar-refractivity contribution in [2.45, 2.75) is 52.5 Å². The molecule has 1 fully saturated rings. The number of likely N-dealkylation sites (tertiary alicyclic amines) is 1. The highest BCUT2D eigenvalue weighted by molar-refractivity contribution is 14.0. The van der Waals surface area contributed by atoms with Gasteiger partial charge in [0, 0.05) is 25.7 Å². The molecule has 0 aromatic rings. The van der Waals surface area contributed by atoms with E-state index in [-0.39, 0.29) is 24.0 Å². The standard InChI is InChI=1S/C16H34N4O.HI/c1-4-7-12-21-13-10-18-16(17-5-2)19-14-15-9-8-11-20(15)6-3;/h15H,4-14H2,1-3H3,(H2,17,18,19);1H. The maximum atomic E-state index is 5.56. The van der Waals surface area contributed by atoms with Gasteiger partial charge in [-0.25, -0.2) is 0 Å². The molecule has 22 heavy (non-hydrogen) atoms. The third-order valence-corrected chi connectivity index (χ3v) is 3.89. The number of guanidine groups is 1. The molecule has 0 spiro atoms. The Bertz CT molecular complexity index is 289. The zero-order chi connectivity index (χ0) is 15.3. The van der Waals surface area contributed by atoms with Crippen LogP contribution in [0.1, 0.15) is 46.5 Å². The number of nitrogens with one attached hydrogen (secondary N) is 2. The summed E-state index contributed by atoms with van der Waals surface area (Å²) in [5.41, 5.74) is 0. The number of ether oxygens (including phenoxy) is 1. The van der Waals surface area contributed by atoms with Crippen LogP contribution in [0.5, 0.6) is 0 Å². The molecule has 0 aromatic heterocycles.